The third kappa shape index (κ3) is 6.42. The number of rotatable bonds is 6. The van der Waals surface area contributed by atoms with E-state index in [1.165, 1.54) is 6.20 Å². The van der Waals surface area contributed by atoms with Crippen LogP contribution in [-0.2, 0) is 4.79 Å². The van der Waals surface area contributed by atoms with Gasteiger partial charge in [0.15, 0.2) is 0 Å². The van der Waals surface area contributed by atoms with Crippen molar-refractivity contribution in [2.45, 2.75) is 26.2 Å². The first kappa shape index (κ1) is 23.1. The van der Waals surface area contributed by atoms with Gasteiger partial charge in [0.2, 0.25) is 5.91 Å². The highest BCUT2D eigenvalue weighted by molar-refractivity contribution is 6.30. The van der Waals surface area contributed by atoms with E-state index in [0.717, 1.165) is 5.02 Å². The van der Waals surface area contributed by atoms with Gasteiger partial charge in [-0.1, -0.05) is 55.8 Å². The highest BCUT2D eigenvalue weighted by atomic mass is 35.5. The third-order valence-electron chi connectivity index (χ3n) is 4.19. The molecular weight excluding hydrogens is 407 g/mol. The zero-order valence-corrected chi connectivity index (χ0v) is 17.5. The molecule has 158 valence electrons. The topological polar surface area (TPSA) is 101 Å². The van der Waals surface area contributed by atoms with Gasteiger partial charge in [-0.2, -0.15) is 5.10 Å². The lowest BCUT2D eigenvalue weighted by atomic mass is 9.97. The lowest BCUT2D eigenvalue weighted by Crippen LogP contribution is -2.28. The molecule has 0 unspecified atom stereocenters. The number of amides is 2. The average Bonchev–Trinajstić information content (AvgIpc) is 3.18. The Kier molecular flexibility index (Phi) is 8.55. The zero-order valence-electron chi connectivity index (χ0n) is 16.8. The summed E-state index contributed by atoms with van der Waals surface area (Å²) >= 11 is 5.54. The summed E-state index contributed by atoms with van der Waals surface area (Å²) in [5.41, 5.74) is 6.40. The number of nitrogens with one attached hydrogen (secondary N) is 2. The quantitative estimate of drug-likeness (QED) is 0.543. The van der Waals surface area contributed by atoms with Gasteiger partial charge < -0.3 is 11.1 Å². The maximum atomic E-state index is 14.6. The molecule has 6 nitrogen and oxygen atoms in total. The number of nitrogens with zero attached hydrogens (tertiary/aromatic N) is 1. The van der Waals surface area contributed by atoms with Gasteiger partial charge in [-0.15, -0.1) is 0 Å². The second kappa shape index (κ2) is 11.1. The molecule has 8 heteroatoms. The highest BCUT2D eigenvalue weighted by Gasteiger charge is 2.20. The minimum absolute atomic E-state index is 0.0192. The molecule has 3 rings (SSSR count). The van der Waals surface area contributed by atoms with Crippen LogP contribution in [0.5, 0.6) is 0 Å². The number of aromatic nitrogens is 2. The number of H-pyrrole nitrogens is 1. The number of carbonyl (C=O) groups is 2. The largest absolute Gasteiger partial charge is 0.370 e. The van der Waals surface area contributed by atoms with Crippen LogP contribution in [0.1, 0.15) is 42.1 Å². The van der Waals surface area contributed by atoms with Gasteiger partial charge in [-0.25, -0.2) is 4.39 Å². The van der Waals surface area contributed by atoms with Gasteiger partial charge in [0.25, 0.3) is 5.91 Å². The zero-order chi connectivity index (χ0) is 22.1. The minimum atomic E-state index is -0.506. The van der Waals surface area contributed by atoms with Crippen molar-refractivity contribution < 1.29 is 14.0 Å². The van der Waals surface area contributed by atoms with E-state index in [1.807, 2.05) is 44.2 Å². The van der Waals surface area contributed by atoms with Crippen LogP contribution in [-0.4, -0.2) is 28.6 Å². The molecule has 30 heavy (non-hydrogen) atoms. The van der Waals surface area contributed by atoms with Crippen LogP contribution in [0.4, 0.5) is 4.39 Å². The standard InChI is InChI=1S/C16H19FN4O2.C6H5Cl/c1-9(2)10-4-3-5-11(14(10)17)15-12(8-20-21-15)16(23)19-7-6-13(18)22;7-6-4-2-1-3-5-6/h3-5,8-9H,6-7H2,1-2H3,(H2,18,22)(H,19,23)(H,20,21);1-5H. The Bertz CT molecular complexity index is 990. The number of carbonyl (C=O) groups excluding carboxylic acids is 2. The van der Waals surface area contributed by atoms with Crippen molar-refractivity contribution in [3.05, 3.63) is 76.7 Å². The van der Waals surface area contributed by atoms with Gasteiger partial charge in [0.05, 0.1) is 17.5 Å². The first-order valence-electron chi connectivity index (χ1n) is 9.40. The maximum absolute atomic E-state index is 14.6. The van der Waals surface area contributed by atoms with Crippen molar-refractivity contribution in [3.8, 4) is 11.3 Å². The van der Waals surface area contributed by atoms with E-state index >= 15 is 0 Å². The summed E-state index contributed by atoms with van der Waals surface area (Å²) in [6.07, 6.45) is 1.37. The second-order valence-electron chi connectivity index (χ2n) is 6.79. The Morgan fingerprint density at radius 2 is 1.87 bits per heavy atom. The molecule has 4 N–H and O–H groups in total. The molecule has 0 aliphatic carbocycles. The summed E-state index contributed by atoms with van der Waals surface area (Å²) in [5.74, 6) is -1.30. The molecule has 0 radical (unpaired) electrons. The fourth-order valence-corrected chi connectivity index (χ4v) is 2.81. The fourth-order valence-electron chi connectivity index (χ4n) is 2.66. The van der Waals surface area contributed by atoms with Crippen molar-refractivity contribution in [1.82, 2.24) is 15.5 Å². The number of nitrogens with two attached hydrogens (primary N) is 1. The first-order valence-corrected chi connectivity index (χ1v) is 9.78. The van der Waals surface area contributed by atoms with Crippen LogP contribution in [0, 0.1) is 5.82 Å². The Morgan fingerprint density at radius 1 is 1.17 bits per heavy atom. The van der Waals surface area contributed by atoms with E-state index < -0.39 is 11.8 Å². The van der Waals surface area contributed by atoms with Crippen molar-refractivity contribution in [3.63, 3.8) is 0 Å². The van der Waals surface area contributed by atoms with Crippen LogP contribution in [0.2, 0.25) is 5.02 Å². The minimum Gasteiger partial charge on any atom is -0.370 e. The van der Waals surface area contributed by atoms with Gasteiger partial charge in [0.1, 0.15) is 5.82 Å². The average molecular weight is 431 g/mol. The number of benzene rings is 2. The summed E-state index contributed by atoms with van der Waals surface area (Å²) in [6, 6.07) is 14.5. The van der Waals surface area contributed by atoms with Gasteiger partial charge in [-0.3, -0.25) is 14.7 Å². The van der Waals surface area contributed by atoms with Crippen molar-refractivity contribution >= 4 is 23.4 Å². The SMILES string of the molecule is CC(C)c1cccc(-c2[nH]ncc2C(=O)NCCC(N)=O)c1F.Clc1ccccc1. The number of hydrogen-bond acceptors (Lipinski definition) is 3. The van der Waals surface area contributed by atoms with E-state index in [4.69, 9.17) is 17.3 Å². The van der Waals surface area contributed by atoms with E-state index in [9.17, 15) is 14.0 Å². The molecule has 0 bridgehead atoms. The number of aromatic amines is 1. The van der Waals surface area contributed by atoms with Gasteiger partial charge >= 0.3 is 0 Å². The number of primary amides is 1. The molecule has 2 amide bonds. The van der Waals surface area contributed by atoms with Crippen LogP contribution in [0.3, 0.4) is 0 Å². The summed E-state index contributed by atoms with van der Waals surface area (Å²) in [5, 5.41) is 9.86. The highest BCUT2D eigenvalue weighted by Crippen LogP contribution is 2.29. The molecule has 0 saturated heterocycles. The maximum Gasteiger partial charge on any atom is 0.255 e. The van der Waals surface area contributed by atoms with Crippen molar-refractivity contribution in [2.75, 3.05) is 6.54 Å². The molecule has 0 aliphatic heterocycles. The Labute approximate surface area is 179 Å². The summed E-state index contributed by atoms with van der Waals surface area (Å²) in [6.45, 7) is 3.91. The molecule has 2 aromatic carbocycles. The molecule has 0 saturated carbocycles. The third-order valence-corrected chi connectivity index (χ3v) is 4.45. The molecular formula is C22H24ClFN4O2. The van der Waals surface area contributed by atoms with E-state index in [-0.39, 0.29) is 35.8 Å². The fraction of sp³-hybridized carbons (Fsp3) is 0.227. The molecule has 0 fully saturated rings. The Balaban J connectivity index is 0.000000386. The predicted molar refractivity (Wildman–Crippen MR) is 116 cm³/mol. The lowest BCUT2D eigenvalue weighted by molar-refractivity contribution is -0.117. The van der Waals surface area contributed by atoms with Crippen LogP contribution in [0.15, 0.2) is 54.7 Å². The number of halogens is 2. The normalized spacial score (nSPS) is 10.3. The molecule has 0 spiro atoms. The van der Waals surface area contributed by atoms with Gasteiger partial charge in [0, 0.05) is 23.6 Å². The van der Waals surface area contributed by atoms with Crippen LogP contribution in [0.25, 0.3) is 11.3 Å². The van der Waals surface area contributed by atoms with Crippen molar-refractivity contribution in [2.24, 2.45) is 5.73 Å². The Morgan fingerprint density at radius 3 is 2.43 bits per heavy atom. The summed E-state index contributed by atoms with van der Waals surface area (Å²) in [7, 11) is 0. The molecule has 3 aromatic rings. The summed E-state index contributed by atoms with van der Waals surface area (Å²) in [4.78, 5) is 22.9. The lowest BCUT2D eigenvalue weighted by Gasteiger charge is -2.11. The van der Waals surface area contributed by atoms with Crippen LogP contribution >= 0.6 is 11.6 Å². The smallest absolute Gasteiger partial charge is 0.255 e. The van der Waals surface area contributed by atoms with Crippen molar-refractivity contribution in [1.29, 1.82) is 0 Å². The Hall–Kier alpha value is -3.19. The summed E-state index contributed by atoms with van der Waals surface area (Å²) < 4.78 is 14.6. The molecule has 0 aliphatic rings. The monoisotopic (exact) mass is 430 g/mol. The van der Waals surface area contributed by atoms with E-state index in [1.54, 1.807) is 18.2 Å². The predicted octanol–water partition coefficient (Wildman–Crippen LogP) is 4.28. The van der Waals surface area contributed by atoms with E-state index in [0.29, 0.717) is 11.3 Å². The molecule has 1 heterocycles. The first-order chi connectivity index (χ1) is 14.3. The second-order valence-corrected chi connectivity index (χ2v) is 7.23. The van der Waals surface area contributed by atoms with Crippen LogP contribution < -0.4 is 11.1 Å². The molecule has 1 aromatic heterocycles. The molecule has 0 atom stereocenters. The van der Waals surface area contributed by atoms with Gasteiger partial charge in [-0.05, 0) is 29.7 Å². The van der Waals surface area contributed by atoms with E-state index in [2.05, 4.69) is 15.5 Å². The number of hydrogen-bond donors (Lipinski definition) is 3.